The van der Waals surface area contributed by atoms with Crippen molar-refractivity contribution in [1.82, 2.24) is 9.78 Å². The van der Waals surface area contributed by atoms with Crippen LogP contribution in [0.25, 0.3) is 0 Å². The maximum atomic E-state index is 11.7. The number of esters is 1. The van der Waals surface area contributed by atoms with E-state index in [0.29, 0.717) is 18.2 Å². The lowest BCUT2D eigenvalue weighted by Gasteiger charge is -2.08. The molecule has 1 aliphatic rings. The molecule has 4 nitrogen and oxygen atoms in total. The Morgan fingerprint density at radius 3 is 2.95 bits per heavy atom. The second kappa shape index (κ2) is 4.88. The van der Waals surface area contributed by atoms with Crippen LogP contribution in [0.5, 0.6) is 0 Å². The standard InChI is InChI=1S/C15H16N2O2/c1-2-19-15(18)13-10-14-12(8-9-17(14)16-13)11-6-4-3-5-7-11/h3-7,10,12H,2,8-9H2,1H3. The highest BCUT2D eigenvalue weighted by Crippen LogP contribution is 2.34. The fourth-order valence-corrected chi connectivity index (χ4v) is 2.62. The molecule has 0 saturated carbocycles. The number of hydrogen-bond donors (Lipinski definition) is 0. The molecule has 1 atom stereocenters. The monoisotopic (exact) mass is 256 g/mol. The van der Waals surface area contributed by atoms with Crippen molar-refractivity contribution in [1.29, 1.82) is 0 Å². The van der Waals surface area contributed by atoms with E-state index in [0.717, 1.165) is 18.7 Å². The molecule has 0 spiro atoms. The van der Waals surface area contributed by atoms with Gasteiger partial charge in [-0.15, -0.1) is 0 Å². The SMILES string of the molecule is CCOC(=O)c1cc2n(n1)CCC2c1ccccc1. The smallest absolute Gasteiger partial charge is 0.358 e. The lowest BCUT2D eigenvalue weighted by Crippen LogP contribution is -2.06. The normalized spacial score (nSPS) is 17.2. The number of benzene rings is 1. The van der Waals surface area contributed by atoms with E-state index >= 15 is 0 Å². The van der Waals surface area contributed by atoms with Gasteiger partial charge in [-0.1, -0.05) is 30.3 Å². The molecule has 0 bridgehead atoms. The number of aryl methyl sites for hydroxylation is 1. The highest BCUT2D eigenvalue weighted by molar-refractivity contribution is 5.87. The molecule has 0 saturated heterocycles. The molecule has 1 aromatic heterocycles. The van der Waals surface area contributed by atoms with Crippen LogP contribution in [0.15, 0.2) is 36.4 Å². The second-order valence-electron chi connectivity index (χ2n) is 4.65. The summed E-state index contributed by atoms with van der Waals surface area (Å²) in [7, 11) is 0. The predicted octanol–water partition coefficient (Wildman–Crippen LogP) is 2.60. The summed E-state index contributed by atoms with van der Waals surface area (Å²) in [5.41, 5.74) is 2.79. The third-order valence-corrected chi connectivity index (χ3v) is 3.48. The Labute approximate surface area is 112 Å². The van der Waals surface area contributed by atoms with Gasteiger partial charge in [-0.05, 0) is 25.0 Å². The van der Waals surface area contributed by atoms with Gasteiger partial charge in [0, 0.05) is 18.2 Å². The van der Waals surface area contributed by atoms with E-state index in [1.54, 1.807) is 6.92 Å². The van der Waals surface area contributed by atoms with E-state index in [1.807, 2.05) is 28.9 Å². The average Bonchev–Trinajstić information content (AvgIpc) is 2.99. The lowest BCUT2D eigenvalue weighted by atomic mass is 9.95. The summed E-state index contributed by atoms with van der Waals surface area (Å²) in [6.45, 7) is 3.03. The van der Waals surface area contributed by atoms with Gasteiger partial charge in [0.15, 0.2) is 5.69 Å². The van der Waals surface area contributed by atoms with Gasteiger partial charge < -0.3 is 4.74 Å². The van der Waals surface area contributed by atoms with E-state index < -0.39 is 0 Å². The summed E-state index contributed by atoms with van der Waals surface area (Å²) in [5.74, 6) is -0.00640. The quantitative estimate of drug-likeness (QED) is 0.793. The van der Waals surface area contributed by atoms with Gasteiger partial charge in [-0.2, -0.15) is 5.10 Å². The maximum Gasteiger partial charge on any atom is 0.358 e. The first-order chi connectivity index (χ1) is 9.29. The van der Waals surface area contributed by atoms with Gasteiger partial charge >= 0.3 is 5.97 Å². The van der Waals surface area contributed by atoms with Crippen LogP contribution in [0.2, 0.25) is 0 Å². The fraction of sp³-hybridized carbons (Fsp3) is 0.333. The van der Waals surface area contributed by atoms with Gasteiger partial charge in [0.1, 0.15) is 0 Å². The molecule has 1 aliphatic heterocycles. The van der Waals surface area contributed by atoms with E-state index in [9.17, 15) is 4.79 Å². The lowest BCUT2D eigenvalue weighted by molar-refractivity contribution is 0.0518. The summed E-state index contributed by atoms with van der Waals surface area (Å²) < 4.78 is 6.91. The van der Waals surface area contributed by atoms with Gasteiger partial charge in [-0.25, -0.2) is 4.79 Å². The topological polar surface area (TPSA) is 44.1 Å². The third kappa shape index (κ3) is 2.14. The number of hydrogen-bond acceptors (Lipinski definition) is 3. The molecule has 98 valence electrons. The molecule has 0 aliphatic carbocycles. The van der Waals surface area contributed by atoms with Crippen LogP contribution in [0.3, 0.4) is 0 Å². The van der Waals surface area contributed by atoms with Crippen molar-refractivity contribution < 1.29 is 9.53 Å². The average molecular weight is 256 g/mol. The molecular weight excluding hydrogens is 240 g/mol. The molecule has 0 radical (unpaired) electrons. The first-order valence-electron chi connectivity index (χ1n) is 6.59. The minimum absolute atomic E-state index is 0.330. The highest BCUT2D eigenvalue weighted by Gasteiger charge is 2.27. The Kier molecular flexibility index (Phi) is 3.07. The molecule has 3 rings (SSSR count). The van der Waals surface area contributed by atoms with Crippen molar-refractivity contribution in [3.63, 3.8) is 0 Å². The van der Waals surface area contributed by atoms with E-state index in [-0.39, 0.29) is 5.97 Å². The summed E-state index contributed by atoms with van der Waals surface area (Å²) in [5, 5.41) is 4.33. The predicted molar refractivity (Wildman–Crippen MR) is 71.1 cm³/mol. The molecule has 2 aromatic rings. The Bertz CT molecular complexity index is 589. The molecule has 1 aromatic carbocycles. The number of fused-ring (bicyclic) bond motifs is 1. The summed E-state index contributed by atoms with van der Waals surface area (Å²) >= 11 is 0. The van der Waals surface area contributed by atoms with Crippen LogP contribution in [-0.2, 0) is 11.3 Å². The van der Waals surface area contributed by atoms with Crippen LogP contribution in [0.4, 0.5) is 0 Å². The molecular formula is C15H16N2O2. The second-order valence-corrected chi connectivity index (χ2v) is 4.65. The number of ether oxygens (including phenoxy) is 1. The zero-order chi connectivity index (χ0) is 13.2. The number of carbonyl (C=O) groups excluding carboxylic acids is 1. The summed E-state index contributed by atoms with van der Waals surface area (Å²) in [4.78, 5) is 11.7. The van der Waals surface area contributed by atoms with Crippen molar-refractivity contribution in [2.24, 2.45) is 0 Å². The molecule has 0 fully saturated rings. The van der Waals surface area contributed by atoms with Crippen molar-refractivity contribution in [2.45, 2.75) is 25.8 Å². The first-order valence-corrected chi connectivity index (χ1v) is 6.59. The van der Waals surface area contributed by atoms with Crippen LogP contribution in [0, 0.1) is 0 Å². The van der Waals surface area contributed by atoms with E-state index in [1.165, 1.54) is 5.56 Å². The number of nitrogens with zero attached hydrogens (tertiary/aromatic N) is 2. The zero-order valence-corrected chi connectivity index (χ0v) is 10.9. The van der Waals surface area contributed by atoms with Crippen molar-refractivity contribution in [2.75, 3.05) is 6.61 Å². The molecule has 4 heteroatoms. The van der Waals surface area contributed by atoms with Crippen molar-refractivity contribution >= 4 is 5.97 Å². The summed E-state index contributed by atoms with van der Waals surface area (Å²) in [6, 6.07) is 12.2. The molecule has 1 unspecified atom stereocenters. The minimum Gasteiger partial charge on any atom is -0.461 e. The fourth-order valence-electron chi connectivity index (χ4n) is 2.62. The van der Waals surface area contributed by atoms with Gasteiger partial charge in [0.25, 0.3) is 0 Å². The number of rotatable bonds is 3. The van der Waals surface area contributed by atoms with Crippen LogP contribution in [-0.4, -0.2) is 22.4 Å². The summed E-state index contributed by atoms with van der Waals surface area (Å²) in [6.07, 6.45) is 1.04. The zero-order valence-electron chi connectivity index (χ0n) is 10.9. The Hall–Kier alpha value is -2.10. The van der Waals surface area contributed by atoms with Crippen LogP contribution in [0.1, 0.15) is 41.0 Å². The maximum absolute atomic E-state index is 11.7. The number of carbonyl (C=O) groups is 1. The Balaban J connectivity index is 1.90. The van der Waals surface area contributed by atoms with Gasteiger partial charge in [0.2, 0.25) is 0 Å². The van der Waals surface area contributed by atoms with Gasteiger partial charge in [0.05, 0.1) is 6.61 Å². The van der Waals surface area contributed by atoms with E-state index in [2.05, 4.69) is 17.2 Å². The molecule has 0 amide bonds. The Morgan fingerprint density at radius 1 is 1.42 bits per heavy atom. The largest absolute Gasteiger partial charge is 0.461 e. The minimum atomic E-state index is -0.337. The first kappa shape index (κ1) is 12.0. The highest BCUT2D eigenvalue weighted by atomic mass is 16.5. The third-order valence-electron chi connectivity index (χ3n) is 3.48. The molecule has 2 heterocycles. The van der Waals surface area contributed by atoms with Crippen molar-refractivity contribution in [3.05, 3.63) is 53.3 Å². The van der Waals surface area contributed by atoms with Crippen LogP contribution >= 0.6 is 0 Å². The van der Waals surface area contributed by atoms with Gasteiger partial charge in [-0.3, -0.25) is 4.68 Å². The van der Waals surface area contributed by atoms with Crippen molar-refractivity contribution in [3.8, 4) is 0 Å². The molecule has 19 heavy (non-hydrogen) atoms. The van der Waals surface area contributed by atoms with Crippen LogP contribution < -0.4 is 0 Å². The van der Waals surface area contributed by atoms with E-state index in [4.69, 9.17) is 4.74 Å². The molecule has 0 N–H and O–H groups in total. The number of aromatic nitrogens is 2. The Morgan fingerprint density at radius 2 is 2.21 bits per heavy atom.